The summed E-state index contributed by atoms with van der Waals surface area (Å²) in [5, 5.41) is 1.83. The molecule has 5 N–H and O–H groups in total. The van der Waals surface area contributed by atoms with Gasteiger partial charge in [-0.1, -0.05) is 0 Å². The number of carbonyl (C=O) groups excluding carboxylic acids is 1. The number of hydrogen-bond donors (Lipinski definition) is 3. The third-order valence-electron chi connectivity index (χ3n) is 2.44. The number of nitrogen functional groups attached to an aromatic ring is 2. The Morgan fingerprint density at radius 1 is 1.42 bits per heavy atom. The lowest BCUT2D eigenvalue weighted by atomic mass is 10.3. The summed E-state index contributed by atoms with van der Waals surface area (Å²) in [6, 6.07) is 6.13. The van der Waals surface area contributed by atoms with Crippen molar-refractivity contribution in [3.63, 3.8) is 0 Å². The number of anilines is 1. The van der Waals surface area contributed by atoms with E-state index in [9.17, 15) is 9.18 Å². The summed E-state index contributed by atoms with van der Waals surface area (Å²) >= 11 is 2.78. The van der Waals surface area contributed by atoms with Gasteiger partial charge in [0.05, 0.1) is 4.88 Å². The lowest BCUT2D eigenvalue weighted by Gasteiger charge is -2.06. The van der Waals surface area contributed by atoms with Crippen molar-refractivity contribution >= 4 is 34.7 Å². The molecular weight excluding hydrogens is 285 g/mol. The van der Waals surface area contributed by atoms with Crippen molar-refractivity contribution in [2.75, 3.05) is 5.73 Å². The third kappa shape index (κ3) is 3.25. The van der Waals surface area contributed by atoms with Gasteiger partial charge in [0.15, 0.2) is 0 Å². The van der Waals surface area contributed by atoms with E-state index in [1.54, 1.807) is 6.07 Å². The summed E-state index contributed by atoms with van der Waals surface area (Å²) in [4.78, 5) is 12.9. The standard InChI is InChI=1S/C12H12FN3OS2/c13-8-1-2-10(9(14)5-8)19-6-7-3-4-18-11(7)12(17)16-15/h1-5H,6,14-15H2,(H,16,17). The van der Waals surface area contributed by atoms with Crippen LogP contribution in [0.5, 0.6) is 0 Å². The second kappa shape index (κ2) is 6.05. The van der Waals surface area contributed by atoms with E-state index in [2.05, 4.69) is 5.43 Å². The number of thioether (sulfide) groups is 1. The third-order valence-corrected chi connectivity index (χ3v) is 4.53. The Hall–Kier alpha value is -1.57. The van der Waals surface area contributed by atoms with Crippen molar-refractivity contribution in [3.05, 3.63) is 45.9 Å². The molecular formula is C12H12FN3OS2. The van der Waals surface area contributed by atoms with Gasteiger partial charge in [0, 0.05) is 16.3 Å². The fourth-order valence-electron chi connectivity index (χ4n) is 1.52. The van der Waals surface area contributed by atoms with Crippen LogP contribution in [0.1, 0.15) is 15.2 Å². The summed E-state index contributed by atoms with van der Waals surface area (Å²) in [7, 11) is 0. The number of nitrogens with two attached hydrogens (primary N) is 2. The van der Waals surface area contributed by atoms with Crippen LogP contribution >= 0.6 is 23.1 Å². The zero-order chi connectivity index (χ0) is 13.8. The van der Waals surface area contributed by atoms with E-state index in [4.69, 9.17) is 11.6 Å². The molecule has 2 aromatic rings. The van der Waals surface area contributed by atoms with Crippen molar-refractivity contribution in [1.82, 2.24) is 5.43 Å². The first-order valence-corrected chi connectivity index (χ1v) is 7.23. The quantitative estimate of drug-likeness (QED) is 0.266. The minimum atomic E-state index is -0.361. The van der Waals surface area contributed by atoms with Crippen LogP contribution in [0.3, 0.4) is 0 Å². The Bertz CT molecular complexity index is 600. The van der Waals surface area contributed by atoms with Crippen LogP contribution in [0.25, 0.3) is 0 Å². The highest BCUT2D eigenvalue weighted by Crippen LogP contribution is 2.30. The maximum atomic E-state index is 12.9. The second-order valence-electron chi connectivity index (χ2n) is 3.72. The highest BCUT2D eigenvalue weighted by molar-refractivity contribution is 7.98. The first-order valence-electron chi connectivity index (χ1n) is 5.37. The number of halogens is 1. The van der Waals surface area contributed by atoms with E-state index in [-0.39, 0.29) is 11.7 Å². The molecule has 0 aliphatic heterocycles. The van der Waals surface area contributed by atoms with E-state index in [1.165, 1.54) is 35.2 Å². The van der Waals surface area contributed by atoms with Crippen LogP contribution in [-0.2, 0) is 5.75 Å². The second-order valence-corrected chi connectivity index (χ2v) is 5.65. The molecule has 0 aliphatic carbocycles. The maximum Gasteiger partial charge on any atom is 0.275 e. The highest BCUT2D eigenvalue weighted by atomic mass is 32.2. The molecule has 0 atom stereocenters. The van der Waals surface area contributed by atoms with Crippen molar-refractivity contribution in [3.8, 4) is 0 Å². The minimum Gasteiger partial charge on any atom is -0.398 e. The van der Waals surface area contributed by atoms with Crippen LogP contribution in [0.2, 0.25) is 0 Å². The number of thiophene rings is 1. The number of amides is 1. The van der Waals surface area contributed by atoms with Crippen molar-refractivity contribution in [2.45, 2.75) is 10.6 Å². The van der Waals surface area contributed by atoms with Gasteiger partial charge in [-0.2, -0.15) is 0 Å². The SMILES string of the molecule is NNC(=O)c1sccc1CSc1ccc(F)cc1N. The van der Waals surface area contributed by atoms with Crippen LogP contribution in [0.4, 0.5) is 10.1 Å². The molecule has 0 saturated heterocycles. The lowest BCUT2D eigenvalue weighted by molar-refractivity contribution is 0.0957. The van der Waals surface area contributed by atoms with E-state index in [1.807, 2.05) is 11.4 Å². The van der Waals surface area contributed by atoms with Gasteiger partial charge in [-0.15, -0.1) is 23.1 Å². The van der Waals surface area contributed by atoms with Crippen molar-refractivity contribution < 1.29 is 9.18 Å². The maximum absolute atomic E-state index is 12.9. The van der Waals surface area contributed by atoms with Crippen LogP contribution in [0.15, 0.2) is 34.5 Å². The number of hydrogen-bond acceptors (Lipinski definition) is 5. The molecule has 0 unspecified atom stereocenters. The number of rotatable bonds is 4. The van der Waals surface area contributed by atoms with E-state index in [0.717, 1.165) is 10.5 Å². The van der Waals surface area contributed by atoms with E-state index >= 15 is 0 Å². The van der Waals surface area contributed by atoms with Gasteiger partial charge in [0.25, 0.3) is 5.91 Å². The molecule has 0 bridgehead atoms. The highest BCUT2D eigenvalue weighted by Gasteiger charge is 2.12. The molecule has 100 valence electrons. The molecule has 19 heavy (non-hydrogen) atoms. The number of benzene rings is 1. The molecule has 0 fully saturated rings. The Balaban J connectivity index is 2.10. The minimum absolute atomic E-state index is 0.308. The number of carbonyl (C=O) groups is 1. The average Bonchev–Trinajstić information content (AvgIpc) is 2.85. The Labute approximate surface area is 118 Å². The molecule has 0 radical (unpaired) electrons. The Morgan fingerprint density at radius 3 is 2.89 bits per heavy atom. The monoisotopic (exact) mass is 297 g/mol. The fourth-order valence-corrected chi connectivity index (χ4v) is 3.38. The Kier molecular flexibility index (Phi) is 4.41. The summed E-state index contributed by atoms with van der Waals surface area (Å²) in [6.07, 6.45) is 0. The summed E-state index contributed by atoms with van der Waals surface area (Å²) < 4.78 is 12.9. The zero-order valence-corrected chi connectivity index (χ0v) is 11.5. The van der Waals surface area contributed by atoms with E-state index in [0.29, 0.717) is 16.3 Å². The molecule has 0 aliphatic rings. The van der Waals surface area contributed by atoms with Gasteiger partial charge in [0.2, 0.25) is 0 Å². The molecule has 2 rings (SSSR count). The first-order chi connectivity index (χ1) is 9.11. The first kappa shape index (κ1) is 13.9. The predicted octanol–water partition coefficient (Wildman–Crippen LogP) is 2.37. The lowest BCUT2D eigenvalue weighted by Crippen LogP contribution is -2.29. The summed E-state index contributed by atoms with van der Waals surface area (Å²) in [6.45, 7) is 0. The molecule has 7 heteroatoms. The largest absolute Gasteiger partial charge is 0.398 e. The van der Waals surface area contributed by atoms with Gasteiger partial charge >= 0.3 is 0 Å². The van der Waals surface area contributed by atoms with Crippen molar-refractivity contribution in [2.24, 2.45) is 5.84 Å². The predicted molar refractivity (Wildman–Crippen MR) is 76.3 cm³/mol. The molecule has 1 amide bonds. The fraction of sp³-hybridized carbons (Fsp3) is 0.0833. The molecule has 0 spiro atoms. The average molecular weight is 297 g/mol. The van der Waals surface area contributed by atoms with Crippen LogP contribution < -0.4 is 17.0 Å². The smallest absolute Gasteiger partial charge is 0.275 e. The molecule has 1 aromatic heterocycles. The number of hydrazine groups is 1. The van der Waals surface area contributed by atoms with E-state index < -0.39 is 0 Å². The van der Waals surface area contributed by atoms with Gasteiger partial charge in [-0.25, -0.2) is 10.2 Å². The normalized spacial score (nSPS) is 10.4. The van der Waals surface area contributed by atoms with Gasteiger partial charge in [0.1, 0.15) is 5.82 Å². The molecule has 0 saturated carbocycles. The van der Waals surface area contributed by atoms with Crippen LogP contribution in [0, 0.1) is 5.82 Å². The van der Waals surface area contributed by atoms with Gasteiger partial charge in [-0.05, 0) is 35.2 Å². The van der Waals surface area contributed by atoms with Gasteiger partial charge < -0.3 is 5.73 Å². The number of nitrogens with one attached hydrogen (secondary N) is 1. The van der Waals surface area contributed by atoms with Crippen molar-refractivity contribution in [1.29, 1.82) is 0 Å². The molecule has 1 heterocycles. The summed E-state index contributed by atoms with van der Waals surface area (Å²) in [5.74, 6) is 5.02. The van der Waals surface area contributed by atoms with Gasteiger partial charge in [-0.3, -0.25) is 10.2 Å². The Morgan fingerprint density at radius 2 is 2.21 bits per heavy atom. The molecule has 1 aromatic carbocycles. The molecule has 4 nitrogen and oxygen atoms in total. The topological polar surface area (TPSA) is 81.1 Å². The van der Waals surface area contributed by atoms with Crippen LogP contribution in [-0.4, -0.2) is 5.91 Å². The summed E-state index contributed by atoms with van der Waals surface area (Å²) in [5.41, 5.74) is 9.11. The zero-order valence-electron chi connectivity index (χ0n) is 9.85.